The van der Waals surface area contributed by atoms with E-state index in [9.17, 15) is 10.1 Å². The molecule has 0 saturated carbocycles. The molecule has 0 fully saturated rings. The molecule has 0 atom stereocenters. The number of nitro groups is 1. The highest BCUT2D eigenvalue weighted by Crippen LogP contribution is 2.26. The lowest BCUT2D eigenvalue weighted by Crippen LogP contribution is -2.03. The molecule has 0 radical (unpaired) electrons. The minimum Gasteiger partial charge on any atom is -0.385 e. The highest BCUT2D eigenvalue weighted by atomic mass is 32.2. The molecule has 1 aromatic carbocycles. The number of benzene rings is 1. The number of nitrogens with zero attached hydrogens (tertiary/aromatic N) is 1. The zero-order valence-corrected chi connectivity index (χ0v) is 13.2. The topological polar surface area (TPSA) is 55.2 Å². The Morgan fingerprint density at radius 3 is 2.70 bits per heavy atom. The lowest BCUT2D eigenvalue weighted by atomic mass is 10.1. The number of rotatable bonds is 10. The molecule has 0 spiro atoms. The molecule has 0 heterocycles. The first-order chi connectivity index (χ1) is 9.69. The zero-order valence-electron chi connectivity index (χ0n) is 12.4. The smallest absolute Gasteiger partial charge is 0.269 e. The van der Waals surface area contributed by atoms with E-state index in [1.54, 1.807) is 12.1 Å². The average Bonchev–Trinajstić information content (AvgIpc) is 2.45. The molecule has 112 valence electrons. The molecule has 20 heavy (non-hydrogen) atoms. The average molecular weight is 296 g/mol. The van der Waals surface area contributed by atoms with Gasteiger partial charge in [0.05, 0.1) is 4.92 Å². The maximum atomic E-state index is 10.9. The number of nitro benzene ring substituents is 1. The lowest BCUT2D eigenvalue weighted by molar-refractivity contribution is -0.384. The van der Waals surface area contributed by atoms with Crippen LogP contribution in [0.2, 0.25) is 0 Å². The summed E-state index contributed by atoms with van der Waals surface area (Å²) < 4.78 is 0. The van der Waals surface area contributed by atoms with Crippen LogP contribution in [0.3, 0.4) is 0 Å². The Bertz CT molecular complexity index is 424. The fraction of sp³-hybridized carbons (Fsp3) is 0.600. The number of nitrogens with one attached hydrogen (secondary N) is 1. The van der Waals surface area contributed by atoms with Gasteiger partial charge in [0, 0.05) is 30.1 Å². The van der Waals surface area contributed by atoms with Crippen LogP contribution in [-0.4, -0.2) is 17.2 Å². The molecule has 0 saturated heterocycles. The quantitative estimate of drug-likeness (QED) is 0.381. The predicted molar refractivity (Wildman–Crippen MR) is 87.6 cm³/mol. The zero-order chi connectivity index (χ0) is 14.8. The second kappa shape index (κ2) is 9.64. The highest BCUT2D eigenvalue weighted by molar-refractivity contribution is 7.98. The van der Waals surface area contributed by atoms with Gasteiger partial charge in [0.25, 0.3) is 5.69 Å². The van der Waals surface area contributed by atoms with Gasteiger partial charge in [0.15, 0.2) is 0 Å². The van der Waals surface area contributed by atoms with Gasteiger partial charge in [0.1, 0.15) is 0 Å². The van der Waals surface area contributed by atoms with Crippen LogP contribution in [0.1, 0.15) is 45.1 Å². The van der Waals surface area contributed by atoms with Crippen molar-refractivity contribution in [3.8, 4) is 0 Å². The molecule has 0 aromatic heterocycles. The third-order valence-corrected chi connectivity index (χ3v) is 4.11. The second-order valence-corrected chi connectivity index (χ2v) is 5.89. The Balaban J connectivity index is 2.66. The molecule has 1 N–H and O–H groups in total. The number of thioether (sulfide) groups is 1. The summed E-state index contributed by atoms with van der Waals surface area (Å²) in [6.45, 7) is 5.20. The first kappa shape index (κ1) is 16.8. The van der Waals surface area contributed by atoms with Crippen molar-refractivity contribution in [1.82, 2.24) is 0 Å². The summed E-state index contributed by atoms with van der Waals surface area (Å²) in [7, 11) is 0. The van der Waals surface area contributed by atoms with Crippen LogP contribution in [0.25, 0.3) is 0 Å². The lowest BCUT2D eigenvalue weighted by Gasteiger charge is -2.11. The molecular formula is C15H24N2O2S. The fourth-order valence-corrected chi connectivity index (χ4v) is 2.89. The molecule has 0 aliphatic rings. The maximum absolute atomic E-state index is 10.9. The summed E-state index contributed by atoms with van der Waals surface area (Å²) >= 11 is 1.85. The number of anilines is 1. The maximum Gasteiger partial charge on any atom is 0.269 e. The SMILES string of the molecule is CCCCCSCc1cc([N+](=O)[O-])ccc1NCCC. The van der Waals surface area contributed by atoms with Crippen molar-refractivity contribution in [2.75, 3.05) is 17.6 Å². The van der Waals surface area contributed by atoms with E-state index in [-0.39, 0.29) is 10.6 Å². The normalized spacial score (nSPS) is 10.5. The van der Waals surface area contributed by atoms with E-state index in [1.165, 1.54) is 19.3 Å². The molecule has 0 aliphatic heterocycles. The number of non-ortho nitro benzene ring substituents is 1. The second-order valence-electron chi connectivity index (χ2n) is 4.79. The van der Waals surface area contributed by atoms with Crippen molar-refractivity contribution in [3.05, 3.63) is 33.9 Å². The first-order valence-electron chi connectivity index (χ1n) is 7.28. The van der Waals surface area contributed by atoms with Gasteiger partial charge in [-0.25, -0.2) is 0 Å². The molecule has 4 nitrogen and oxygen atoms in total. The summed E-state index contributed by atoms with van der Waals surface area (Å²) in [5.74, 6) is 1.95. The molecule has 0 aliphatic carbocycles. The van der Waals surface area contributed by atoms with Crippen molar-refractivity contribution in [2.24, 2.45) is 0 Å². The van der Waals surface area contributed by atoms with Crippen LogP contribution in [0, 0.1) is 10.1 Å². The Kier molecular flexibility index (Phi) is 8.11. The van der Waals surface area contributed by atoms with Crippen molar-refractivity contribution >= 4 is 23.1 Å². The van der Waals surface area contributed by atoms with Crippen molar-refractivity contribution in [2.45, 2.75) is 45.3 Å². The van der Waals surface area contributed by atoms with E-state index in [0.717, 1.165) is 35.7 Å². The van der Waals surface area contributed by atoms with Crippen LogP contribution in [-0.2, 0) is 5.75 Å². The number of hydrogen-bond donors (Lipinski definition) is 1. The Morgan fingerprint density at radius 2 is 2.05 bits per heavy atom. The Hall–Kier alpha value is -1.23. The fourth-order valence-electron chi connectivity index (χ4n) is 1.88. The summed E-state index contributed by atoms with van der Waals surface area (Å²) in [4.78, 5) is 10.5. The van der Waals surface area contributed by atoms with Crippen molar-refractivity contribution in [3.63, 3.8) is 0 Å². The standard InChI is InChI=1S/C15H24N2O2S/c1-3-5-6-10-20-12-13-11-14(17(18)19)7-8-15(13)16-9-4-2/h7-8,11,16H,3-6,9-10,12H2,1-2H3. The van der Waals surface area contributed by atoms with Crippen LogP contribution in [0.15, 0.2) is 18.2 Å². The molecule has 1 rings (SSSR count). The minimum atomic E-state index is -0.325. The van der Waals surface area contributed by atoms with Gasteiger partial charge in [0.2, 0.25) is 0 Å². The summed E-state index contributed by atoms with van der Waals surface area (Å²) in [6.07, 6.45) is 4.73. The van der Waals surface area contributed by atoms with Crippen LogP contribution >= 0.6 is 11.8 Å². The van der Waals surface area contributed by atoms with Crippen LogP contribution in [0.5, 0.6) is 0 Å². The van der Waals surface area contributed by atoms with E-state index >= 15 is 0 Å². The monoisotopic (exact) mass is 296 g/mol. The van der Waals surface area contributed by atoms with Crippen molar-refractivity contribution in [1.29, 1.82) is 0 Å². The Labute approximate surface area is 125 Å². The molecular weight excluding hydrogens is 272 g/mol. The van der Waals surface area contributed by atoms with Gasteiger partial charge in [-0.15, -0.1) is 0 Å². The van der Waals surface area contributed by atoms with Crippen LogP contribution in [0.4, 0.5) is 11.4 Å². The molecule has 0 bridgehead atoms. The Morgan fingerprint density at radius 1 is 1.25 bits per heavy atom. The number of hydrogen-bond acceptors (Lipinski definition) is 4. The molecule has 5 heteroatoms. The van der Waals surface area contributed by atoms with Gasteiger partial charge in [-0.2, -0.15) is 11.8 Å². The molecule has 0 amide bonds. The summed E-state index contributed by atoms with van der Waals surface area (Å²) in [5, 5.41) is 14.2. The highest BCUT2D eigenvalue weighted by Gasteiger charge is 2.10. The number of unbranched alkanes of at least 4 members (excludes halogenated alkanes) is 2. The van der Waals surface area contributed by atoms with Gasteiger partial charge >= 0.3 is 0 Å². The predicted octanol–water partition coefficient (Wildman–Crippen LogP) is 4.84. The van der Waals surface area contributed by atoms with Gasteiger partial charge in [-0.1, -0.05) is 26.7 Å². The van der Waals surface area contributed by atoms with Gasteiger partial charge in [-0.3, -0.25) is 10.1 Å². The summed E-state index contributed by atoms with van der Waals surface area (Å²) in [5.41, 5.74) is 2.24. The summed E-state index contributed by atoms with van der Waals surface area (Å²) in [6, 6.07) is 5.10. The van der Waals surface area contributed by atoms with E-state index in [4.69, 9.17) is 0 Å². The molecule has 1 aromatic rings. The third kappa shape index (κ3) is 5.82. The minimum absolute atomic E-state index is 0.177. The van der Waals surface area contributed by atoms with E-state index in [2.05, 4.69) is 19.2 Å². The van der Waals surface area contributed by atoms with Crippen molar-refractivity contribution < 1.29 is 4.92 Å². The van der Waals surface area contributed by atoms with E-state index in [1.807, 2.05) is 17.8 Å². The van der Waals surface area contributed by atoms with Crippen LogP contribution < -0.4 is 5.32 Å². The molecule has 0 unspecified atom stereocenters. The van der Waals surface area contributed by atoms with Gasteiger partial charge < -0.3 is 5.32 Å². The van der Waals surface area contributed by atoms with E-state index < -0.39 is 0 Å². The largest absolute Gasteiger partial charge is 0.385 e. The van der Waals surface area contributed by atoms with Gasteiger partial charge in [-0.05, 0) is 30.2 Å². The van der Waals surface area contributed by atoms with E-state index in [0.29, 0.717) is 0 Å². The third-order valence-electron chi connectivity index (χ3n) is 3.01. The first-order valence-corrected chi connectivity index (χ1v) is 8.43.